The van der Waals surface area contributed by atoms with E-state index in [1.807, 2.05) is 0 Å². The summed E-state index contributed by atoms with van der Waals surface area (Å²) >= 11 is 0. The zero-order valence-electron chi connectivity index (χ0n) is 18.0. The monoisotopic (exact) mass is 477 g/mol. The third kappa shape index (κ3) is 4.59. The molecule has 4 rings (SSSR count). The topological polar surface area (TPSA) is 93.3 Å². The number of ether oxygens (including phenoxy) is 2. The van der Waals surface area contributed by atoms with Crippen LogP contribution in [0, 0.1) is 5.82 Å². The number of pyridine rings is 2. The Balaban J connectivity index is 1.88. The van der Waals surface area contributed by atoms with Crippen LogP contribution in [0.2, 0.25) is 0 Å². The molecule has 2 aromatic heterocycles. The zero-order chi connectivity index (χ0) is 24.7. The fourth-order valence-electron chi connectivity index (χ4n) is 4.06. The van der Waals surface area contributed by atoms with Gasteiger partial charge in [0.15, 0.2) is 11.6 Å². The number of halogens is 4. The molecule has 0 aliphatic carbocycles. The minimum absolute atomic E-state index is 0.0675. The van der Waals surface area contributed by atoms with Gasteiger partial charge in [-0.2, -0.15) is 0 Å². The first-order valence-electron chi connectivity index (χ1n) is 10.1. The van der Waals surface area contributed by atoms with E-state index in [1.165, 1.54) is 30.6 Å². The van der Waals surface area contributed by atoms with Gasteiger partial charge in [-0.25, -0.2) is 4.39 Å². The van der Waals surface area contributed by atoms with Gasteiger partial charge in [-0.05, 0) is 49.7 Å². The maximum atomic E-state index is 14.7. The van der Waals surface area contributed by atoms with Crippen molar-refractivity contribution in [3.8, 4) is 11.5 Å². The molecule has 1 atom stereocenters. The lowest BCUT2D eigenvalue weighted by Crippen LogP contribution is -2.55. The molecule has 1 amide bonds. The van der Waals surface area contributed by atoms with Crippen molar-refractivity contribution in [1.29, 1.82) is 0 Å². The third-order valence-corrected chi connectivity index (χ3v) is 5.28. The highest BCUT2D eigenvalue weighted by molar-refractivity contribution is 5.94. The SMILES string of the molecule is CC1(C)CC(NC(=O)c2ccc(=O)[nH]c2)(c2ccc(OC(F)(F)F)c(F)c2)c2ncccc2O1. The molecule has 11 heteroatoms. The molecule has 2 N–H and O–H groups in total. The van der Waals surface area contributed by atoms with Gasteiger partial charge in [0.1, 0.15) is 22.6 Å². The molecule has 1 aliphatic rings. The van der Waals surface area contributed by atoms with E-state index in [9.17, 15) is 27.2 Å². The second-order valence-electron chi connectivity index (χ2n) is 8.38. The van der Waals surface area contributed by atoms with E-state index in [0.29, 0.717) is 5.75 Å². The van der Waals surface area contributed by atoms with Gasteiger partial charge in [-0.15, -0.1) is 13.2 Å². The number of nitrogens with one attached hydrogen (secondary N) is 2. The number of amides is 1. The van der Waals surface area contributed by atoms with Crippen molar-refractivity contribution in [3.05, 3.63) is 87.9 Å². The van der Waals surface area contributed by atoms with Gasteiger partial charge in [0, 0.05) is 24.9 Å². The number of hydrogen-bond acceptors (Lipinski definition) is 5. The number of benzene rings is 1. The molecule has 0 saturated carbocycles. The number of H-pyrrole nitrogens is 1. The Morgan fingerprint density at radius 2 is 1.97 bits per heavy atom. The van der Waals surface area contributed by atoms with Gasteiger partial charge in [0.25, 0.3) is 5.91 Å². The highest BCUT2D eigenvalue weighted by Crippen LogP contribution is 2.47. The summed E-state index contributed by atoms with van der Waals surface area (Å²) < 4.78 is 62.4. The molecule has 1 aromatic carbocycles. The number of fused-ring (bicyclic) bond motifs is 1. The van der Waals surface area contributed by atoms with E-state index in [1.54, 1.807) is 26.0 Å². The van der Waals surface area contributed by atoms with Crippen LogP contribution >= 0.6 is 0 Å². The van der Waals surface area contributed by atoms with Gasteiger partial charge >= 0.3 is 6.36 Å². The van der Waals surface area contributed by atoms with Crippen LogP contribution in [0.3, 0.4) is 0 Å². The predicted molar refractivity (Wildman–Crippen MR) is 112 cm³/mol. The minimum Gasteiger partial charge on any atom is -0.486 e. The predicted octanol–water partition coefficient (Wildman–Crippen LogP) is 4.04. The van der Waals surface area contributed by atoms with E-state index in [4.69, 9.17) is 4.74 Å². The van der Waals surface area contributed by atoms with Crippen molar-refractivity contribution < 1.29 is 31.8 Å². The van der Waals surface area contributed by atoms with Crippen molar-refractivity contribution in [2.45, 2.75) is 37.8 Å². The summed E-state index contributed by atoms with van der Waals surface area (Å²) in [4.78, 5) is 31.3. The number of alkyl halides is 3. The molecule has 0 spiro atoms. The fourth-order valence-corrected chi connectivity index (χ4v) is 4.06. The Labute approximate surface area is 190 Å². The summed E-state index contributed by atoms with van der Waals surface area (Å²) in [5, 5.41) is 2.86. The molecule has 0 saturated heterocycles. The van der Waals surface area contributed by atoms with Crippen molar-refractivity contribution in [2.24, 2.45) is 0 Å². The highest BCUT2D eigenvalue weighted by Gasteiger charge is 2.49. The molecule has 3 aromatic rings. The van der Waals surface area contributed by atoms with Crippen LogP contribution in [0.4, 0.5) is 17.6 Å². The molecule has 0 bridgehead atoms. The second kappa shape index (κ2) is 8.15. The second-order valence-corrected chi connectivity index (χ2v) is 8.38. The van der Waals surface area contributed by atoms with Crippen LogP contribution in [-0.4, -0.2) is 27.8 Å². The average molecular weight is 477 g/mol. The molecule has 1 unspecified atom stereocenters. The Hall–Kier alpha value is -3.89. The summed E-state index contributed by atoms with van der Waals surface area (Å²) in [5.41, 5.74) is -2.29. The number of aromatic amines is 1. The lowest BCUT2D eigenvalue weighted by molar-refractivity contribution is -0.275. The summed E-state index contributed by atoms with van der Waals surface area (Å²) in [5.74, 6) is -2.58. The van der Waals surface area contributed by atoms with Gasteiger partial charge in [0.05, 0.1) is 5.56 Å². The Kier molecular flexibility index (Phi) is 5.58. The first-order chi connectivity index (χ1) is 15.9. The van der Waals surface area contributed by atoms with Gasteiger partial charge in [-0.1, -0.05) is 6.07 Å². The largest absolute Gasteiger partial charge is 0.573 e. The molecule has 1 aliphatic heterocycles. The third-order valence-electron chi connectivity index (χ3n) is 5.28. The molecule has 0 fully saturated rings. The normalized spacial score (nSPS) is 19.0. The zero-order valence-corrected chi connectivity index (χ0v) is 18.0. The van der Waals surface area contributed by atoms with Crippen LogP contribution in [0.5, 0.6) is 11.5 Å². The quantitative estimate of drug-likeness (QED) is 0.554. The van der Waals surface area contributed by atoms with Gasteiger partial charge in [-0.3, -0.25) is 14.6 Å². The van der Waals surface area contributed by atoms with Gasteiger partial charge in [0.2, 0.25) is 5.56 Å². The van der Waals surface area contributed by atoms with E-state index in [2.05, 4.69) is 20.0 Å². The van der Waals surface area contributed by atoms with Gasteiger partial charge < -0.3 is 19.8 Å². The van der Waals surface area contributed by atoms with Crippen molar-refractivity contribution in [3.63, 3.8) is 0 Å². The number of carbonyl (C=O) groups is 1. The first kappa shape index (κ1) is 23.3. The molecule has 7 nitrogen and oxygen atoms in total. The Morgan fingerprint density at radius 1 is 1.21 bits per heavy atom. The Bertz CT molecular complexity index is 1290. The van der Waals surface area contributed by atoms with Crippen molar-refractivity contribution in [1.82, 2.24) is 15.3 Å². The van der Waals surface area contributed by atoms with Crippen molar-refractivity contribution >= 4 is 5.91 Å². The highest BCUT2D eigenvalue weighted by atomic mass is 19.4. The number of hydrogen-bond donors (Lipinski definition) is 2. The molecular formula is C23H19F4N3O4. The lowest BCUT2D eigenvalue weighted by Gasteiger charge is -2.45. The lowest BCUT2D eigenvalue weighted by atomic mass is 9.75. The van der Waals surface area contributed by atoms with E-state index >= 15 is 0 Å². The van der Waals surface area contributed by atoms with Crippen LogP contribution in [0.1, 0.15) is 41.9 Å². The maximum absolute atomic E-state index is 14.7. The molecular weight excluding hydrogens is 458 g/mol. The summed E-state index contributed by atoms with van der Waals surface area (Å²) in [6.07, 6.45) is -2.33. The molecule has 34 heavy (non-hydrogen) atoms. The Morgan fingerprint density at radius 3 is 2.62 bits per heavy atom. The first-order valence-corrected chi connectivity index (χ1v) is 10.1. The number of rotatable bonds is 4. The van der Waals surface area contributed by atoms with E-state index in [-0.39, 0.29) is 23.2 Å². The van der Waals surface area contributed by atoms with Crippen LogP contribution < -0.4 is 20.3 Å². The van der Waals surface area contributed by atoms with Crippen LogP contribution in [0.15, 0.2) is 59.7 Å². The van der Waals surface area contributed by atoms with E-state index in [0.717, 1.165) is 12.1 Å². The smallest absolute Gasteiger partial charge is 0.486 e. The molecule has 178 valence electrons. The van der Waals surface area contributed by atoms with Crippen LogP contribution in [0.25, 0.3) is 0 Å². The molecule has 3 heterocycles. The fraction of sp³-hybridized carbons (Fsp3) is 0.261. The number of carbonyl (C=O) groups excluding carboxylic acids is 1. The number of aromatic nitrogens is 2. The summed E-state index contributed by atoms with van der Waals surface area (Å²) in [7, 11) is 0. The van der Waals surface area contributed by atoms with E-state index < -0.39 is 40.5 Å². The number of nitrogens with zero attached hydrogens (tertiary/aromatic N) is 1. The summed E-state index contributed by atoms with van der Waals surface area (Å²) in [6.45, 7) is 3.50. The summed E-state index contributed by atoms with van der Waals surface area (Å²) in [6, 6.07) is 8.68. The minimum atomic E-state index is -5.08. The average Bonchev–Trinajstić information content (AvgIpc) is 2.74. The maximum Gasteiger partial charge on any atom is 0.573 e. The van der Waals surface area contributed by atoms with Crippen LogP contribution in [-0.2, 0) is 5.54 Å². The molecule has 0 radical (unpaired) electrons. The van der Waals surface area contributed by atoms with Crippen molar-refractivity contribution in [2.75, 3.05) is 0 Å². The standard InChI is InChI=1S/C23H19F4N3O4/c1-21(2)12-22(19-17(33-21)4-3-9-28-19,30-20(32)13-5-8-18(31)29-11-13)14-6-7-16(15(24)10-14)34-23(25,26)27/h3-11H,12H2,1-2H3,(H,29,31)(H,30,32).